The minimum atomic E-state index is -0.111. The Kier molecular flexibility index (Phi) is 12.8. The van der Waals surface area contributed by atoms with Gasteiger partial charge in [-0.1, -0.05) is 6.42 Å². The van der Waals surface area contributed by atoms with Crippen LogP contribution in [0, 0.1) is 0 Å². The summed E-state index contributed by atoms with van der Waals surface area (Å²) in [6, 6.07) is 0. The zero-order valence-corrected chi connectivity index (χ0v) is 9.06. The van der Waals surface area contributed by atoms with Crippen molar-refractivity contribution in [2.75, 3.05) is 13.2 Å². The fourth-order valence-electron chi connectivity index (χ4n) is 0.337. The standard InChI is InChI=1S/C5H10NO2.K/c1-5(8)6-3-2-4-7;/h2-4H2,1H3,(H,6,8);/q-1;+1. The van der Waals surface area contributed by atoms with E-state index in [1.165, 1.54) is 6.92 Å². The van der Waals surface area contributed by atoms with Gasteiger partial charge in [0.2, 0.25) is 5.91 Å². The fraction of sp³-hybridized carbons (Fsp3) is 0.800. The van der Waals surface area contributed by atoms with Gasteiger partial charge in [-0.2, -0.15) is 0 Å². The molecule has 0 bridgehead atoms. The maximum absolute atomic E-state index is 10.1. The molecule has 0 saturated heterocycles. The molecule has 0 atom stereocenters. The van der Waals surface area contributed by atoms with Crippen molar-refractivity contribution < 1.29 is 61.3 Å². The van der Waals surface area contributed by atoms with E-state index in [1.807, 2.05) is 0 Å². The van der Waals surface area contributed by atoms with E-state index in [4.69, 9.17) is 0 Å². The Morgan fingerprint density at radius 3 is 2.56 bits per heavy atom. The number of rotatable bonds is 3. The minimum absolute atomic E-state index is 0. The second-order valence-corrected chi connectivity index (χ2v) is 1.54. The fourth-order valence-corrected chi connectivity index (χ4v) is 0.337. The molecular weight excluding hydrogens is 145 g/mol. The van der Waals surface area contributed by atoms with E-state index in [9.17, 15) is 9.90 Å². The Morgan fingerprint density at radius 2 is 2.22 bits per heavy atom. The second-order valence-electron chi connectivity index (χ2n) is 1.54. The molecule has 0 aliphatic heterocycles. The van der Waals surface area contributed by atoms with Gasteiger partial charge in [0.15, 0.2) is 0 Å². The van der Waals surface area contributed by atoms with Crippen LogP contribution >= 0.6 is 0 Å². The third kappa shape index (κ3) is 12.3. The molecule has 0 aliphatic rings. The van der Waals surface area contributed by atoms with Crippen molar-refractivity contribution in [3.8, 4) is 0 Å². The van der Waals surface area contributed by atoms with Crippen LogP contribution in [0.15, 0.2) is 0 Å². The molecule has 1 amide bonds. The van der Waals surface area contributed by atoms with E-state index in [2.05, 4.69) is 5.32 Å². The topological polar surface area (TPSA) is 52.2 Å². The number of nitrogens with one attached hydrogen (secondary N) is 1. The predicted octanol–water partition coefficient (Wildman–Crippen LogP) is -4.12. The van der Waals surface area contributed by atoms with E-state index in [-0.39, 0.29) is 63.9 Å². The largest absolute Gasteiger partial charge is 1.00 e. The summed E-state index contributed by atoms with van der Waals surface area (Å²) < 4.78 is 0. The van der Waals surface area contributed by atoms with Crippen LogP contribution in [-0.2, 0) is 4.79 Å². The zero-order valence-electron chi connectivity index (χ0n) is 5.94. The Hall–Kier alpha value is 1.07. The maximum Gasteiger partial charge on any atom is 1.00 e. The quantitative estimate of drug-likeness (QED) is 0.332. The minimum Gasteiger partial charge on any atom is -0.854 e. The molecule has 9 heavy (non-hydrogen) atoms. The van der Waals surface area contributed by atoms with Crippen molar-refractivity contribution in [1.29, 1.82) is 0 Å². The van der Waals surface area contributed by atoms with Crippen molar-refractivity contribution in [1.82, 2.24) is 5.32 Å². The van der Waals surface area contributed by atoms with Crippen LogP contribution in [0.2, 0.25) is 0 Å². The molecule has 3 nitrogen and oxygen atoms in total. The number of amides is 1. The van der Waals surface area contributed by atoms with Crippen molar-refractivity contribution >= 4 is 5.91 Å². The first-order valence-corrected chi connectivity index (χ1v) is 2.60. The Labute approximate surface area is 97.6 Å². The number of hydrogen-bond acceptors (Lipinski definition) is 2. The third-order valence-electron chi connectivity index (χ3n) is 0.695. The van der Waals surface area contributed by atoms with Crippen LogP contribution in [0.1, 0.15) is 13.3 Å². The van der Waals surface area contributed by atoms with Gasteiger partial charge < -0.3 is 10.4 Å². The summed E-state index contributed by atoms with van der Waals surface area (Å²) in [6.45, 7) is 1.84. The molecule has 0 aromatic heterocycles. The summed E-state index contributed by atoms with van der Waals surface area (Å²) in [5, 5.41) is 12.3. The number of carbonyl (C=O) groups excluding carboxylic acids is 1. The summed E-state index contributed by atoms with van der Waals surface area (Å²) in [5.74, 6) is -0.0709. The van der Waals surface area contributed by atoms with Crippen molar-refractivity contribution in [3.63, 3.8) is 0 Å². The van der Waals surface area contributed by atoms with Crippen molar-refractivity contribution in [2.45, 2.75) is 13.3 Å². The van der Waals surface area contributed by atoms with Crippen LogP contribution in [-0.4, -0.2) is 19.1 Å². The van der Waals surface area contributed by atoms with Gasteiger partial charge in [0.1, 0.15) is 0 Å². The summed E-state index contributed by atoms with van der Waals surface area (Å²) in [4.78, 5) is 10.1. The Morgan fingerprint density at radius 1 is 1.67 bits per heavy atom. The molecule has 0 heterocycles. The van der Waals surface area contributed by atoms with Gasteiger partial charge in [0.05, 0.1) is 0 Å². The second kappa shape index (κ2) is 9.07. The molecular formula is C5H10KNO2. The van der Waals surface area contributed by atoms with Crippen LogP contribution in [0.3, 0.4) is 0 Å². The van der Waals surface area contributed by atoms with E-state index in [1.54, 1.807) is 0 Å². The molecule has 0 saturated carbocycles. The molecule has 0 aromatic rings. The van der Waals surface area contributed by atoms with Gasteiger partial charge in [-0.15, -0.1) is 6.61 Å². The van der Waals surface area contributed by atoms with Gasteiger partial charge in [-0.3, -0.25) is 4.79 Å². The predicted molar refractivity (Wildman–Crippen MR) is 28.2 cm³/mol. The van der Waals surface area contributed by atoms with Gasteiger partial charge in [-0.25, -0.2) is 0 Å². The molecule has 0 aliphatic carbocycles. The number of carbonyl (C=O) groups is 1. The van der Waals surface area contributed by atoms with Crippen LogP contribution in [0.25, 0.3) is 0 Å². The molecule has 0 unspecified atom stereocenters. The van der Waals surface area contributed by atoms with E-state index >= 15 is 0 Å². The maximum atomic E-state index is 10.1. The van der Waals surface area contributed by atoms with E-state index < -0.39 is 0 Å². The third-order valence-corrected chi connectivity index (χ3v) is 0.695. The summed E-state index contributed by atoms with van der Waals surface area (Å²) in [5.41, 5.74) is 0. The van der Waals surface area contributed by atoms with Crippen LogP contribution < -0.4 is 61.8 Å². The average Bonchev–Trinajstić information content (AvgIpc) is 1.66. The molecule has 1 N–H and O–H groups in total. The summed E-state index contributed by atoms with van der Waals surface area (Å²) in [6.07, 6.45) is 0.527. The first-order chi connectivity index (χ1) is 3.77. The SMILES string of the molecule is CC(=O)NCCC[O-].[K+]. The van der Waals surface area contributed by atoms with Crippen molar-refractivity contribution in [3.05, 3.63) is 0 Å². The monoisotopic (exact) mass is 155 g/mol. The molecule has 48 valence electrons. The summed E-state index contributed by atoms with van der Waals surface area (Å²) >= 11 is 0. The molecule has 0 spiro atoms. The van der Waals surface area contributed by atoms with Gasteiger partial charge >= 0.3 is 51.4 Å². The molecule has 0 radical (unpaired) electrons. The Balaban J connectivity index is 0. The normalized spacial score (nSPS) is 7.78. The molecule has 4 heteroatoms. The Bertz CT molecular complexity index is 77.4. The first kappa shape index (κ1) is 12.7. The molecule has 0 rings (SSSR count). The first-order valence-electron chi connectivity index (χ1n) is 2.60. The molecule has 0 aromatic carbocycles. The zero-order chi connectivity index (χ0) is 6.41. The number of hydrogen-bond donors (Lipinski definition) is 1. The van der Waals surface area contributed by atoms with Gasteiger partial charge in [-0.05, 0) is 0 Å². The smallest absolute Gasteiger partial charge is 0.854 e. The average molecular weight is 155 g/mol. The van der Waals surface area contributed by atoms with Crippen LogP contribution in [0.4, 0.5) is 0 Å². The summed E-state index contributed by atoms with van der Waals surface area (Å²) in [7, 11) is 0. The van der Waals surface area contributed by atoms with Crippen molar-refractivity contribution in [2.24, 2.45) is 0 Å². The van der Waals surface area contributed by atoms with Gasteiger partial charge in [0.25, 0.3) is 0 Å². The molecule has 0 fully saturated rings. The van der Waals surface area contributed by atoms with E-state index in [0.29, 0.717) is 13.0 Å². The van der Waals surface area contributed by atoms with Crippen LogP contribution in [0.5, 0.6) is 0 Å². The van der Waals surface area contributed by atoms with E-state index in [0.717, 1.165) is 0 Å². The van der Waals surface area contributed by atoms with Gasteiger partial charge in [0, 0.05) is 13.5 Å².